The largest absolute Gasteiger partial charge is 0.342 e. The summed E-state index contributed by atoms with van der Waals surface area (Å²) in [6, 6.07) is 7.59. The van der Waals surface area contributed by atoms with Gasteiger partial charge in [0.15, 0.2) is 0 Å². The van der Waals surface area contributed by atoms with Gasteiger partial charge < -0.3 is 25.0 Å². The highest BCUT2D eigenvalue weighted by molar-refractivity contribution is 5.93. The van der Waals surface area contributed by atoms with Crippen molar-refractivity contribution in [2.24, 2.45) is 5.92 Å². The fourth-order valence-corrected chi connectivity index (χ4v) is 4.33. The first kappa shape index (κ1) is 23.1. The number of hydrogen-bond acceptors (Lipinski definition) is 3. The number of piperidine rings is 1. The van der Waals surface area contributed by atoms with Gasteiger partial charge in [-0.3, -0.25) is 4.79 Å². The van der Waals surface area contributed by atoms with Gasteiger partial charge in [-0.05, 0) is 70.0 Å². The molecular formula is C24H37N5O2. The first-order chi connectivity index (χ1) is 15.0. The van der Waals surface area contributed by atoms with Crippen molar-refractivity contribution in [2.45, 2.75) is 46.6 Å². The third kappa shape index (κ3) is 6.47. The molecule has 1 unspecified atom stereocenters. The van der Waals surface area contributed by atoms with Gasteiger partial charge in [0.05, 0.1) is 0 Å². The van der Waals surface area contributed by atoms with Crippen molar-refractivity contribution >= 4 is 28.5 Å². The molecular weight excluding hydrogens is 390 g/mol. The number of hydrogen-bond donors (Lipinski definition) is 2. The molecule has 1 fully saturated rings. The van der Waals surface area contributed by atoms with Gasteiger partial charge in [0, 0.05) is 49.0 Å². The number of nitrogens with zero attached hydrogens (tertiary/aromatic N) is 3. The van der Waals surface area contributed by atoms with Crippen LogP contribution in [0, 0.1) is 5.92 Å². The molecule has 2 aromatic rings. The van der Waals surface area contributed by atoms with E-state index >= 15 is 0 Å². The van der Waals surface area contributed by atoms with E-state index in [4.69, 9.17) is 0 Å². The van der Waals surface area contributed by atoms with E-state index in [1.807, 2.05) is 53.8 Å². The summed E-state index contributed by atoms with van der Waals surface area (Å²) in [6.45, 7) is 12.0. The van der Waals surface area contributed by atoms with Crippen molar-refractivity contribution in [3.05, 3.63) is 30.5 Å². The molecule has 1 aromatic carbocycles. The standard InChI is InChI=1S/C24H37N5O2/c1-4-28(5-2)23(30)18-29-14-11-20-15-21(9-10-22(20)29)26-24(31)25-16-19(3)17-27-12-7-6-8-13-27/h9-11,14-15,19H,4-8,12-13,16-18H2,1-3H3,(H2,25,26,31). The number of rotatable bonds is 9. The lowest BCUT2D eigenvalue weighted by atomic mass is 10.1. The number of amides is 3. The number of likely N-dealkylation sites (tertiary alicyclic amines) is 1. The predicted molar refractivity (Wildman–Crippen MR) is 126 cm³/mol. The molecule has 0 spiro atoms. The number of benzene rings is 1. The van der Waals surface area contributed by atoms with E-state index in [9.17, 15) is 9.59 Å². The van der Waals surface area contributed by atoms with Gasteiger partial charge in [-0.2, -0.15) is 0 Å². The SMILES string of the molecule is CCN(CC)C(=O)Cn1ccc2cc(NC(=O)NCC(C)CN3CCCCC3)ccc21. The van der Waals surface area contributed by atoms with E-state index in [0.717, 1.165) is 23.1 Å². The Balaban J connectivity index is 1.51. The Kier molecular flexibility index (Phi) is 8.35. The average Bonchev–Trinajstić information content (AvgIpc) is 3.16. The zero-order chi connectivity index (χ0) is 22.2. The number of aromatic nitrogens is 1. The molecule has 0 radical (unpaired) electrons. The molecule has 1 aliphatic rings. The number of urea groups is 1. The quantitative estimate of drug-likeness (QED) is 0.640. The fraction of sp³-hybridized carbons (Fsp3) is 0.583. The van der Waals surface area contributed by atoms with Gasteiger partial charge >= 0.3 is 6.03 Å². The van der Waals surface area contributed by atoms with Gasteiger partial charge in [-0.15, -0.1) is 0 Å². The lowest BCUT2D eigenvalue weighted by Gasteiger charge is -2.29. The van der Waals surface area contributed by atoms with Gasteiger partial charge in [-0.1, -0.05) is 13.3 Å². The van der Waals surface area contributed by atoms with Crippen LogP contribution in [-0.4, -0.2) is 65.6 Å². The minimum absolute atomic E-state index is 0.114. The zero-order valence-electron chi connectivity index (χ0n) is 19.2. The number of fused-ring (bicyclic) bond motifs is 1. The molecule has 3 rings (SSSR count). The van der Waals surface area contributed by atoms with E-state index in [1.54, 1.807) is 0 Å². The Hall–Kier alpha value is -2.54. The van der Waals surface area contributed by atoms with Crippen LogP contribution >= 0.6 is 0 Å². The lowest BCUT2D eigenvalue weighted by molar-refractivity contribution is -0.131. The summed E-state index contributed by atoms with van der Waals surface area (Å²) >= 11 is 0. The Labute approximate surface area is 185 Å². The van der Waals surface area contributed by atoms with Gasteiger partial charge in [0.1, 0.15) is 6.54 Å². The third-order valence-electron chi connectivity index (χ3n) is 6.08. The minimum Gasteiger partial charge on any atom is -0.342 e. The molecule has 7 heteroatoms. The topological polar surface area (TPSA) is 69.6 Å². The molecule has 1 aromatic heterocycles. The predicted octanol–water partition coefficient (Wildman–Crippen LogP) is 3.75. The second kappa shape index (κ2) is 11.2. The molecule has 0 aliphatic carbocycles. The second-order valence-corrected chi connectivity index (χ2v) is 8.58. The first-order valence-corrected chi connectivity index (χ1v) is 11.6. The summed E-state index contributed by atoms with van der Waals surface area (Å²) in [5.41, 5.74) is 1.74. The number of carbonyl (C=O) groups excluding carboxylic acids is 2. The molecule has 1 aliphatic heterocycles. The molecule has 0 saturated carbocycles. The van der Waals surface area contributed by atoms with Gasteiger partial charge in [0.25, 0.3) is 0 Å². The highest BCUT2D eigenvalue weighted by Gasteiger charge is 2.15. The Morgan fingerprint density at radius 3 is 2.55 bits per heavy atom. The molecule has 3 amide bonds. The highest BCUT2D eigenvalue weighted by atomic mass is 16.2. The monoisotopic (exact) mass is 427 g/mol. The molecule has 0 bridgehead atoms. The Bertz CT molecular complexity index is 868. The minimum atomic E-state index is -0.180. The molecule has 2 heterocycles. The van der Waals surface area contributed by atoms with Crippen LogP contribution in [0.25, 0.3) is 10.9 Å². The molecule has 1 atom stereocenters. The summed E-state index contributed by atoms with van der Waals surface area (Å²) < 4.78 is 1.96. The lowest BCUT2D eigenvalue weighted by Crippen LogP contribution is -2.39. The normalized spacial score (nSPS) is 15.6. The molecule has 31 heavy (non-hydrogen) atoms. The summed E-state index contributed by atoms with van der Waals surface area (Å²) in [7, 11) is 0. The molecule has 1 saturated heterocycles. The maximum absolute atomic E-state index is 12.4. The van der Waals surface area contributed by atoms with Crippen LogP contribution in [0.15, 0.2) is 30.5 Å². The van der Waals surface area contributed by atoms with Crippen molar-refractivity contribution in [1.29, 1.82) is 0 Å². The average molecular weight is 428 g/mol. The molecule has 2 N–H and O–H groups in total. The summed E-state index contributed by atoms with van der Waals surface area (Å²) in [5.74, 6) is 0.534. The zero-order valence-corrected chi connectivity index (χ0v) is 19.2. The van der Waals surface area contributed by atoms with Crippen LogP contribution in [0.1, 0.15) is 40.0 Å². The number of anilines is 1. The van der Waals surface area contributed by atoms with Crippen molar-refractivity contribution in [3.63, 3.8) is 0 Å². The van der Waals surface area contributed by atoms with E-state index in [0.29, 0.717) is 32.1 Å². The second-order valence-electron chi connectivity index (χ2n) is 8.58. The summed E-state index contributed by atoms with van der Waals surface area (Å²) in [6.07, 6.45) is 5.84. The first-order valence-electron chi connectivity index (χ1n) is 11.6. The number of carbonyl (C=O) groups is 2. The molecule has 7 nitrogen and oxygen atoms in total. The van der Waals surface area contributed by atoms with E-state index in [-0.39, 0.29) is 11.9 Å². The summed E-state index contributed by atoms with van der Waals surface area (Å²) in [4.78, 5) is 29.1. The van der Waals surface area contributed by atoms with Gasteiger partial charge in [0.2, 0.25) is 5.91 Å². The van der Waals surface area contributed by atoms with Crippen LogP contribution < -0.4 is 10.6 Å². The Morgan fingerprint density at radius 2 is 1.84 bits per heavy atom. The maximum atomic E-state index is 12.4. The molecule has 170 valence electrons. The summed E-state index contributed by atoms with van der Waals surface area (Å²) in [5, 5.41) is 6.93. The maximum Gasteiger partial charge on any atom is 0.319 e. The highest BCUT2D eigenvalue weighted by Crippen LogP contribution is 2.21. The van der Waals surface area contributed by atoms with Crippen LogP contribution in [0.2, 0.25) is 0 Å². The van der Waals surface area contributed by atoms with Crippen LogP contribution in [0.5, 0.6) is 0 Å². The van der Waals surface area contributed by atoms with Crippen LogP contribution in [-0.2, 0) is 11.3 Å². The van der Waals surface area contributed by atoms with E-state index in [2.05, 4.69) is 22.5 Å². The number of nitrogens with one attached hydrogen (secondary N) is 2. The van der Waals surface area contributed by atoms with E-state index < -0.39 is 0 Å². The fourth-order valence-electron chi connectivity index (χ4n) is 4.33. The van der Waals surface area contributed by atoms with Gasteiger partial charge in [-0.25, -0.2) is 4.79 Å². The van der Waals surface area contributed by atoms with Crippen molar-refractivity contribution in [1.82, 2.24) is 19.7 Å². The van der Waals surface area contributed by atoms with Crippen molar-refractivity contribution in [2.75, 3.05) is 44.6 Å². The van der Waals surface area contributed by atoms with Crippen LogP contribution in [0.4, 0.5) is 10.5 Å². The smallest absolute Gasteiger partial charge is 0.319 e. The third-order valence-corrected chi connectivity index (χ3v) is 6.08. The van der Waals surface area contributed by atoms with Crippen molar-refractivity contribution in [3.8, 4) is 0 Å². The number of likely N-dealkylation sites (N-methyl/N-ethyl adjacent to an activating group) is 1. The van der Waals surface area contributed by atoms with E-state index in [1.165, 1.54) is 32.4 Å². The Morgan fingerprint density at radius 1 is 1.10 bits per heavy atom. The van der Waals surface area contributed by atoms with Crippen molar-refractivity contribution < 1.29 is 9.59 Å². The van der Waals surface area contributed by atoms with Crippen LogP contribution in [0.3, 0.4) is 0 Å².